The van der Waals surface area contributed by atoms with Crippen LogP contribution in [0.1, 0.15) is 27.2 Å². The van der Waals surface area contributed by atoms with Crippen LogP contribution in [0.2, 0.25) is 0 Å². The average Bonchev–Trinajstić information content (AvgIpc) is 2.05. The highest BCUT2D eigenvalue weighted by Crippen LogP contribution is 2.05. The Kier molecular flexibility index (Phi) is 5.30. The largest absolute Gasteiger partial charge is 0.342 e. The van der Waals surface area contributed by atoms with Crippen molar-refractivity contribution >= 4 is 17.5 Å². The molecular formula is C8H16ClNO. The van der Waals surface area contributed by atoms with Crippen LogP contribution in [0.3, 0.4) is 0 Å². The van der Waals surface area contributed by atoms with Crippen LogP contribution in [-0.2, 0) is 4.79 Å². The molecule has 66 valence electrons. The van der Waals surface area contributed by atoms with Crippen molar-refractivity contribution in [2.75, 3.05) is 13.1 Å². The van der Waals surface area contributed by atoms with E-state index in [1.165, 1.54) is 0 Å². The summed E-state index contributed by atoms with van der Waals surface area (Å²) >= 11 is 5.78. The van der Waals surface area contributed by atoms with Gasteiger partial charge in [0.2, 0.25) is 5.91 Å². The van der Waals surface area contributed by atoms with Crippen molar-refractivity contribution in [2.24, 2.45) is 0 Å². The lowest BCUT2D eigenvalue weighted by molar-refractivity contribution is -0.130. The van der Waals surface area contributed by atoms with E-state index >= 15 is 0 Å². The summed E-state index contributed by atoms with van der Waals surface area (Å²) in [4.78, 5) is 13.1. The van der Waals surface area contributed by atoms with Crippen LogP contribution in [-0.4, -0.2) is 29.3 Å². The molecule has 0 heterocycles. The van der Waals surface area contributed by atoms with Gasteiger partial charge in [-0.3, -0.25) is 4.79 Å². The summed E-state index contributed by atoms with van der Waals surface area (Å²) in [5.41, 5.74) is 0. The zero-order valence-electron chi connectivity index (χ0n) is 7.43. The van der Waals surface area contributed by atoms with Gasteiger partial charge in [-0.15, -0.1) is 11.6 Å². The van der Waals surface area contributed by atoms with Crippen LogP contribution in [0, 0.1) is 0 Å². The van der Waals surface area contributed by atoms with Gasteiger partial charge in [-0.25, -0.2) is 0 Å². The molecule has 0 saturated carbocycles. The first kappa shape index (κ1) is 10.8. The van der Waals surface area contributed by atoms with E-state index in [9.17, 15) is 4.79 Å². The van der Waals surface area contributed by atoms with E-state index in [-0.39, 0.29) is 11.3 Å². The van der Waals surface area contributed by atoms with Gasteiger partial charge >= 0.3 is 0 Å². The van der Waals surface area contributed by atoms with Crippen molar-refractivity contribution in [1.29, 1.82) is 0 Å². The van der Waals surface area contributed by atoms with E-state index in [2.05, 4.69) is 0 Å². The SMILES string of the molecule is CC[C@H](Cl)C(=O)N(CC)CC. The molecule has 0 rings (SSSR count). The van der Waals surface area contributed by atoms with Crippen molar-refractivity contribution in [2.45, 2.75) is 32.6 Å². The molecule has 0 fully saturated rings. The molecule has 0 aromatic carbocycles. The second-order valence-corrected chi connectivity index (χ2v) is 2.91. The zero-order valence-corrected chi connectivity index (χ0v) is 8.19. The summed E-state index contributed by atoms with van der Waals surface area (Å²) in [6, 6.07) is 0. The summed E-state index contributed by atoms with van der Waals surface area (Å²) in [6.45, 7) is 7.33. The quantitative estimate of drug-likeness (QED) is 0.601. The number of nitrogens with zero attached hydrogens (tertiary/aromatic N) is 1. The van der Waals surface area contributed by atoms with Gasteiger partial charge in [-0.2, -0.15) is 0 Å². The Morgan fingerprint density at radius 3 is 2.09 bits per heavy atom. The van der Waals surface area contributed by atoms with E-state index < -0.39 is 0 Å². The van der Waals surface area contributed by atoms with Crippen molar-refractivity contribution < 1.29 is 4.79 Å². The van der Waals surface area contributed by atoms with Gasteiger partial charge in [-0.1, -0.05) is 6.92 Å². The predicted octanol–water partition coefficient (Wildman–Crippen LogP) is 1.87. The molecular weight excluding hydrogens is 162 g/mol. The third-order valence-electron chi connectivity index (χ3n) is 1.70. The van der Waals surface area contributed by atoms with Gasteiger partial charge in [0.1, 0.15) is 5.38 Å². The molecule has 11 heavy (non-hydrogen) atoms. The maximum atomic E-state index is 11.3. The lowest BCUT2D eigenvalue weighted by Gasteiger charge is -2.20. The predicted molar refractivity (Wildman–Crippen MR) is 47.9 cm³/mol. The molecule has 0 N–H and O–H groups in total. The topological polar surface area (TPSA) is 20.3 Å². The highest BCUT2D eigenvalue weighted by Gasteiger charge is 2.17. The van der Waals surface area contributed by atoms with Crippen LogP contribution in [0.4, 0.5) is 0 Å². The highest BCUT2D eigenvalue weighted by atomic mass is 35.5. The third kappa shape index (κ3) is 3.10. The van der Waals surface area contributed by atoms with E-state index in [1.807, 2.05) is 20.8 Å². The van der Waals surface area contributed by atoms with Gasteiger partial charge in [0.25, 0.3) is 0 Å². The first-order chi connectivity index (χ1) is 5.17. The fourth-order valence-corrected chi connectivity index (χ4v) is 1.05. The number of alkyl halides is 1. The summed E-state index contributed by atoms with van der Waals surface area (Å²) in [7, 11) is 0. The molecule has 0 aromatic rings. The number of amides is 1. The first-order valence-corrected chi connectivity index (χ1v) is 4.53. The lowest BCUT2D eigenvalue weighted by atomic mass is 10.3. The van der Waals surface area contributed by atoms with Crippen molar-refractivity contribution in [3.63, 3.8) is 0 Å². The lowest BCUT2D eigenvalue weighted by Crippen LogP contribution is -2.36. The van der Waals surface area contributed by atoms with Gasteiger partial charge in [-0.05, 0) is 20.3 Å². The molecule has 0 unspecified atom stereocenters. The van der Waals surface area contributed by atoms with Crippen LogP contribution >= 0.6 is 11.6 Å². The monoisotopic (exact) mass is 177 g/mol. The second-order valence-electron chi connectivity index (χ2n) is 2.39. The Morgan fingerprint density at radius 1 is 1.36 bits per heavy atom. The second kappa shape index (κ2) is 5.42. The molecule has 0 aromatic heterocycles. The molecule has 1 atom stereocenters. The van der Waals surface area contributed by atoms with Crippen molar-refractivity contribution in [3.05, 3.63) is 0 Å². The van der Waals surface area contributed by atoms with Gasteiger partial charge in [0.15, 0.2) is 0 Å². The van der Waals surface area contributed by atoms with Crippen LogP contribution in [0.5, 0.6) is 0 Å². The number of hydrogen-bond acceptors (Lipinski definition) is 1. The Balaban J connectivity index is 3.97. The van der Waals surface area contributed by atoms with E-state index in [0.29, 0.717) is 6.42 Å². The summed E-state index contributed by atoms with van der Waals surface area (Å²) in [6.07, 6.45) is 0.705. The van der Waals surface area contributed by atoms with E-state index in [0.717, 1.165) is 13.1 Å². The maximum absolute atomic E-state index is 11.3. The standard InChI is InChI=1S/C8H16ClNO/c1-4-7(9)8(11)10(5-2)6-3/h7H,4-6H2,1-3H3/t7-/m0/s1. The van der Waals surface area contributed by atoms with Crippen LogP contribution < -0.4 is 0 Å². The molecule has 0 aliphatic carbocycles. The smallest absolute Gasteiger partial charge is 0.240 e. The number of hydrogen-bond donors (Lipinski definition) is 0. The number of carbonyl (C=O) groups is 1. The van der Waals surface area contributed by atoms with Gasteiger partial charge in [0.05, 0.1) is 0 Å². The van der Waals surface area contributed by atoms with Gasteiger partial charge in [0, 0.05) is 13.1 Å². The molecule has 0 aliphatic heterocycles. The van der Waals surface area contributed by atoms with Crippen LogP contribution in [0.25, 0.3) is 0 Å². The molecule has 1 amide bonds. The number of carbonyl (C=O) groups excluding carboxylic acids is 1. The molecule has 0 radical (unpaired) electrons. The van der Waals surface area contributed by atoms with Crippen LogP contribution in [0.15, 0.2) is 0 Å². The first-order valence-electron chi connectivity index (χ1n) is 4.10. The van der Waals surface area contributed by atoms with Crippen molar-refractivity contribution in [3.8, 4) is 0 Å². The summed E-state index contributed by atoms with van der Waals surface area (Å²) in [5.74, 6) is 0.0548. The Hall–Kier alpha value is -0.240. The zero-order chi connectivity index (χ0) is 8.85. The fraction of sp³-hybridized carbons (Fsp3) is 0.875. The average molecular weight is 178 g/mol. The minimum Gasteiger partial charge on any atom is -0.342 e. The minimum absolute atomic E-state index is 0.0548. The summed E-state index contributed by atoms with van der Waals surface area (Å²) < 4.78 is 0. The number of rotatable bonds is 4. The maximum Gasteiger partial charge on any atom is 0.240 e. The Morgan fingerprint density at radius 2 is 1.82 bits per heavy atom. The summed E-state index contributed by atoms with van der Waals surface area (Å²) in [5, 5.41) is -0.338. The normalized spacial score (nSPS) is 12.7. The van der Waals surface area contributed by atoms with E-state index in [1.54, 1.807) is 4.90 Å². The third-order valence-corrected chi connectivity index (χ3v) is 2.20. The minimum atomic E-state index is -0.338. The molecule has 3 heteroatoms. The molecule has 0 saturated heterocycles. The number of halogens is 1. The highest BCUT2D eigenvalue weighted by molar-refractivity contribution is 6.30. The Bertz CT molecular complexity index is 123. The molecule has 0 bridgehead atoms. The fourth-order valence-electron chi connectivity index (χ4n) is 0.908. The van der Waals surface area contributed by atoms with E-state index in [4.69, 9.17) is 11.6 Å². The van der Waals surface area contributed by atoms with Crippen molar-refractivity contribution in [1.82, 2.24) is 4.90 Å². The molecule has 0 aliphatic rings. The molecule has 2 nitrogen and oxygen atoms in total. The molecule has 0 spiro atoms. The Labute approximate surface area is 73.5 Å². The van der Waals surface area contributed by atoms with Gasteiger partial charge < -0.3 is 4.90 Å².